The molecule has 0 aliphatic rings. The number of terminal acetylenes is 1. The van der Waals surface area contributed by atoms with Crippen molar-refractivity contribution in [1.82, 2.24) is 0 Å². The van der Waals surface area contributed by atoms with Crippen LogP contribution in [0.5, 0.6) is 5.75 Å². The molecular formula is C18H16O2. The van der Waals surface area contributed by atoms with Crippen molar-refractivity contribution < 1.29 is 9.53 Å². The van der Waals surface area contributed by atoms with Gasteiger partial charge in [0.15, 0.2) is 5.78 Å². The van der Waals surface area contributed by atoms with E-state index in [1.54, 1.807) is 7.11 Å². The minimum Gasteiger partial charge on any atom is -0.497 e. The molecule has 0 aliphatic carbocycles. The zero-order valence-electron chi connectivity index (χ0n) is 11.4. The van der Waals surface area contributed by atoms with E-state index in [0.29, 0.717) is 12.0 Å². The SMILES string of the molecule is C#CC(CC(=O)c1ccccc1)c1ccc(OC)cc1. The van der Waals surface area contributed by atoms with Crippen LogP contribution in [0.4, 0.5) is 0 Å². The van der Waals surface area contributed by atoms with E-state index in [2.05, 4.69) is 5.92 Å². The largest absolute Gasteiger partial charge is 0.497 e. The first-order valence-electron chi connectivity index (χ1n) is 6.43. The molecule has 0 fully saturated rings. The first-order valence-corrected chi connectivity index (χ1v) is 6.43. The van der Waals surface area contributed by atoms with Gasteiger partial charge in [-0.1, -0.05) is 48.4 Å². The second-order valence-corrected chi connectivity index (χ2v) is 4.49. The summed E-state index contributed by atoms with van der Waals surface area (Å²) in [5, 5.41) is 0. The molecule has 2 heteroatoms. The van der Waals surface area contributed by atoms with Crippen LogP contribution in [0.25, 0.3) is 0 Å². The van der Waals surface area contributed by atoms with Crippen LogP contribution in [0.2, 0.25) is 0 Å². The summed E-state index contributed by atoms with van der Waals surface area (Å²) in [6.45, 7) is 0. The molecule has 2 nitrogen and oxygen atoms in total. The third-order valence-corrected chi connectivity index (χ3v) is 3.20. The highest BCUT2D eigenvalue weighted by Gasteiger charge is 2.15. The number of benzene rings is 2. The Balaban J connectivity index is 2.13. The van der Waals surface area contributed by atoms with E-state index in [4.69, 9.17) is 11.2 Å². The molecule has 0 saturated heterocycles. The summed E-state index contributed by atoms with van der Waals surface area (Å²) in [5.74, 6) is 3.32. The Morgan fingerprint density at radius 1 is 1.15 bits per heavy atom. The summed E-state index contributed by atoms with van der Waals surface area (Å²) >= 11 is 0. The third-order valence-electron chi connectivity index (χ3n) is 3.20. The van der Waals surface area contributed by atoms with E-state index in [0.717, 1.165) is 11.3 Å². The normalized spacial score (nSPS) is 11.4. The maximum absolute atomic E-state index is 12.2. The van der Waals surface area contributed by atoms with Crippen molar-refractivity contribution in [2.24, 2.45) is 0 Å². The van der Waals surface area contributed by atoms with Gasteiger partial charge >= 0.3 is 0 Å². The van der Waals surface area contributed by atoms with Crippen LogP contribution in [0.3, 0.4) is 0 Å². The second kappa shape index (κ2) is 6.58. The van der Waals surface area contributed by atoms with Crippen LogP contribution in [0.1, 0.15) is 28.3 Å². The number of ketones is 1. The highest BCUT2D eigenvalue weighted by molar-refractivity contribution is 5.96. The van der Waals surface area contributed by atoms with Gasteiger partial charge in [-0.3, -0.25) is 4.79 Å². The van der Waals surface area contributed by atoms with Gasteiger partial charge in [0, 0.05) is 12.0 Å². The van der Waals surface area contributed by atoms with Crippen LogP contribution < -0.4 is 4.74 Å². The number of carbonyl (C=O) groups excluding carboxylic acids is 1. The number of ether oxygens (including phenoxy) is 1. The molecule has 0 bridgehead atoms. The Morgan fingerprint density at radius 2 is 1.80 bits per heavy atom. The van der Waals surface area contributed by atoms with Gasteiger partial charge in [0.05, 0.1) is 13.0 Å². The molecule has 0 spiro atoms. The zero-order chi connectivity index (χ0) is 14.4. The maximum Gasteiger partial charge on any atom is 0.164 e. The molecule has 2 aromatic carbocycles. The molecule has 0 aliphatic heterocycles. The van der Waals surface area contributed by atoms with Crippen LogP contribution in [0.15, 0.2) is 54.6 Å². The summed E-state index contributed by atoms with van der Waals surface area (Å²) in [6, 6.07) is 16.7. The topological polar surface area (TPSA) is 26.3 Å². The molecular weight excluding hydrogens is 248 g/mol. The monoisotopic (exact) mass is 264 g/mol. The van der Waals surface area contributed by atoms with Crippen LogP contribution >= 0.6 is 0 Å². The van der Waals surface area contributed by atoms with Gasteiger partial charge in [-0.05, 0) is 17.7 Å². The van der Waals surface area contributed by atoms with E-state index < -0.39 is 0 Å². The zero-order valence-corrected chi connectivity index (χ0v) is 11.4. The summed E-state index contributed by atoms with van der Waals surface area (Å²) in [4.78, 5) is 12.2. The van der Waals surface area contributed by atoms with Crippen LogP contribution in [-0.4, -0.2) is 12.9 Å². The Kier molecular flexibility index (Phi) is 4.57. The molecule has 1 unspecified atom stereocenters. The predicted octanol–water partition coefficient (Wildman–Crippen LogP) is 3.69. The summed E-state index contributed by atoms with van der Waals surface area (Å²) < 4.78 is 5.11. The Labute approximate surface area is 119 Å². The van der Waals surface area contributed by atoms with Crippen molar-refractivity contribution in [3.8, 4) is 18.1 Å². The lowest BCUT2D eigenvalue weighted by Gasteiger charge is -2.11. The predicted molar refractivity (Wildman–Crippen MR) is 80.0 cm³/mol. The van der Waals surface area contributed by atoms with Gasteiger partial charge in [-0.2, -0.15) is 0 Å². The van der Waals surface area contributed by atoms with Crippen molar-refractivity contribution >= 4 is 5.78 Å². The number of hydrogen-bond acceptors (Lipinski definition) is 2. The first kappa shape index (κ1) is 13.9. The van der Waals surface area contributed by atoms with Crippen molar-refractivity contribution in [2.45, 2.75) is 12.3 Å². The van der Waals surface area contributed by atoms with Crippen molar-refractivity contribution in [1.29, 1.82) is 0 Å². The smallest absolute Gasteiger partial charge is 0.164 e. The third kappa shape index (κ3) is 3.27. The second-order valence-electron chi connectivity index (χ2n) is 4.49. The van der Waals surface area contributed by atoms with E-state index in [-0.39, 0.29) is 11.7 Å². The molecule has 20 heavy (non-hydrogen) atoms. The highest BCUT2D eigenvalue weighted by Crippen LogP contribution is 2.23. The van der Waals surface area contributed by atoms with Crippen molar-refractivity contribution in [3.63, 3.8) is 0 Å². The Bertz CT molecular complexity index is 606. The molecule has 1 atom stereocenters. The summed E-state index contributed by atoms with van der Waals surface area (Å²) in [6.07, 6.45) is 5.88. The molecule has 0 N–H and O–H groups in total. The number of rotatable bonds is 5. The van der Waals surface area contributed by atoms with Gasteiger partial charge in [0.1, 0.15) is 5.75 Å². The van der Waals surface area contributed by atoms with E-state index in [1.165, 1.54) is 0 Å². The molecule has 100 valence electrons. The van der Waals surface area contributed by atoms with Crippen molar-refractivity contribution in [2.75, 3.05) is 7.11 Å². The van der Waals surface area contributed by atoms with Gasteiger partial charge in [-0.15, -0.1) is 6.42 Å². The molecule has 0 heterocycles. The molecule has 0 amide bonds. The van der Waals surface area contributed by atoms with Gasteiger partial charge in [0.2, 0.25) is 0 Å². The molecule has 0 radical (unpaired) electrons. The quantitative estimate of drug-likeness (QED) is 0.608. The summed E-state index contributed by atoms with van der Waals surface area (Å²) in [7, 11) is 1.62. The van der Waals surface area contributed by atoms with Crippen LogP contribution in [-0.2, 0) is 0 Å². The van der Waals surface area contributed by atoms with Gasteiger partial charge in [0.25, 0.3) is 0 Å². The molecule has 0 saturated carbocycles. The average Bonchev–Trinajstić information content (AvgIpc) is 2.53. The van der Waals surface area contributed by atoms with Gasteiger partial charge < -0.3 is 4.74 Å². The molecule has 0 aromatic heterocycles. The number of methoxy groups -OCH3 is 1. The highest BCUT2D eigenvalue weighted by atomic mass is 16.5. The van der Waals surface area contributed by atoms with Crippen molar-refractivity contribution in [3.05, 3.63) is 65.7 Å². The number of carbonyl (C=O) groups is 1. The van der Waals surface area contributed by atoms with E-state index in [1.807, 2.05) is 54.6 Å². The summed E-state index contributed by atoms with van der Waals surface area (Å²) in [5.41, 5.74) is 1.65. The average molecular weight is 264 g/mol. The Hall–Kier alpha value is -2.53. The fourth-order valence-electron chi connectivity index (χ4n) is 2.04. The Morgan fingerprint density at radius 3 is 2.35 bits per heavy atom. The lowest BCUT2D eigenvalue weighted by molar-refractivity contribution is 0.0979. The minimum absolute atomic E-state index is 0.0596. The minimum atomic E-state index is -0.214. The van der Waals surface area contributed by atoms with Crippen LogP contribution in [0, 0.1) is 12.3 Å². The molecule has 2 aromatic rings. The van der Waals surface area contributed by atoms with E-state index in [9.17, 15) is 4.79 Å². The standard InChI is InChI=1S/C18H16O2/c1-3-14(15-9-11-17(20-2)12-10-15)13-18(19)16-7-5-4-6-8-16/h1,4-12,14H,13H2,2H3. The lowest BCUT2D eigenvalue weighted by Crippen LogP contribution is -2.06. The fourth-order valence-corrected chi connectivity index (χ4v) is 2.04. The van der Waals surface area contributed by atoms with Gasteiger partial charge in [-0.25, -0.2) is 0 Å². The molecule has 2 rings (SSSR count). The fraction of sp³-hybridized carbons (Fsp3) is 0.167. The first-order chi connectivity index (χ1) is 9.74. The lowest BCUT2D eigenvalue weighted by atomic mass is 9.92. The number of hydrogen-bond donors (Lipinski definition) is 0. The number of Topliss-reactive ketones (excluding diaryl/α,β-unsaturated/α-hetero) is 1. The maximum atomic E-state index is 12.2. The van der Waals surface area contributed by atoms with E-state index >= 15 is 0 Å².